The first-order valence-corrected chi connectivity index (χ1v) is 7.39. The fourth-order valence-electron chi connectivity index (χ4n) is 2.27. The molecule has 0 aromatic heterocycles. The van der Waals surface area contributed by atoms with Gasteiger partial charge in [0.1, 0.15) is 5.82 Å². The third-order valence-corrected chi connectivity index (χ3v) is 4.05. The Balaban J connectivity index is 2.00. The first kappa shape index (κ1) is 14.9. The molecule has 5 heteroatoms. The Morgan fingerprint density at radius 1 is 1.42 bits per heavy atom. The highest BCUT2D eigenvalue weighted by atomic mass is 79.9. The maximum atomic E-state index is 13.5. The van der Waals surface area contributed by atoms with E-state index in [-0.39, 0.29) is 18.1 Å². The van der Waals surface area contributed by atoms with Crippen LogP contribution in [0.5, 0.6) is 0 Å². The molecule has 1 fully saturated rings. The summed E-state index contributed by atoms with van der Waals surface area (Å²) in [6.07, 6.45) is 1.38. The van der Waals surface area contributed by atoms with Crippen LogP contribution in [-0.2, 0) is 15.9 Å². The normalized spacial score (nSPS) is 17.8. The summed E-state index contributed by atoms with van der Waals surface area (Å²) in [5, 5.41) is 3.40. The number of benzene rings is 1. The van der Waals surface area contributed by atoms with Crippen molar-refractivity contribution in [3.8, 4) is 0 Å². The van der Waals surface area contributed by atoms with E-state index in [1.54, 1.807) is 6.07 Å². The molecule has 1 saturated heterocycles. The zero-order valence-electron chi connectivity index (χ0n) is 11.0. The maximum absolute atomic E-state index is 13.5. The minimum absolute atomic E-state index is 0.142. The lowest BCUT2D eigenvalue weighted by atomic mass is 10.0. The number of rotatable bonds is 6. The highest BCUT2D eigenvalue weighted by Crippen LogP contribution is 2.23. The molecule has 0 aliphatic carbocycles. The van der Waals surface area contributed by atoms with Crippen molar-refractivity contribution in [3.63, 3.8) is 0 Å². The molecule has 1 aromatic rings. The van der Waals surface area contributed by atoms with Crippen LogP contribution in [0, 0.1) is 5.82 Å². The molecule has 1 heterocycles. The van der Waals surface area contributed by atoms with E-state index in [4.69, 9.17) is 9.47 Å². The number of hydrogen-bond donors (Lipinski definition) is 1. The Morgan fingerprint density at radius 3 is 2.84 bits per heavy atom. The van der Waals surface area contributed by atoms with Crippen molar-refractivity contribution < 1.29 is 13.9 Å². The predicted molar refractivity (Wildman–Crippen MR) is 75.6 cm³/mol. The van der Waals surface area contributed by atoms with Crippen molar-refractivity contribution in [2.45, 2.75) is 32.1 Å². The van der Waals surface area contributed by atoms with E-state index in [1.807, 2.05) is 6.07 Å². The van der Waals surface area contributed by atoms with Crippen LogP contribution in [0.15, 0.2) is 22.7 Å². The van der Waals surface area contributed by atoms with E-state index >= 15 is 0 Å². The van der Waals surface area contributed by atoms with E-state index < -0.39 is 0 Å². The SMILES string of the molecule is CCNC(Cc1cccc(F)c1Br)CC1OCCO1. The van der Waals surface area contributed by atoms with Crippen LogP contribution in [0.4, 0.5) is 4.39 Å². The molecule has 1 unspecified atom stereocenters. The molecule has 19 heavy (non-hydrogen) atoms. The molecular formula is C14H19BrFNO2. The van der Waals surface area contributed by atoms with Crippen LogP contribution in [0.1, 0.15) is 18.9 Å². The average Bonchev–Trinajstić information content (AvgIpc) is 2.88. The molecule has 0 amide bonds. The first-order chi connectivity index (χ1) is 9.20. The zero-order valence-corrected chi connectivity index (χ0v) is 12.6. The summed E-state index contributed by atoms with van der Waals surface area (Å²) in [4.78, 5) is 0. The van der Waals surface area contributed by atoms with E-state index in [9.17, 15) is 4.39 Å². The van der Waals surface area contributed by atoms with Gasteiger partial charge in [-0.25, -0.2) is 4.39 Å². The molecule has 1 aliphatic heterocycles. The van der Waals surface area contributed by atoms with Gasteiger partial charge in [-0.2, -0.15) is 0 Å². The van der Waals surface area contributed by atoms with Gasteiger partial charge in [-0.1, -0.05) is 19.1 Å². The third-order valence-electron chi connectivity index (χ3n) is 3.16. The number of hydrogen-bond acceptors (Lipinski definition) is 3. The van der Waals surface area contributed by atoms with E-state index in [0.717, 1.165) is 24.9 Å². The molecule has 1 aromatic carbocycles. The zero-order chi connectivity index (χ0) is 13.7. The van der Waals surface area contributed by atoms with Crippen molar-refractivity contribution in [2.24, 2.45) is 0 Å². The van der Waals surface area contributed by atoms with Gasteiger partial charge in [0.05, 0.1) is 17.7 Å². The molecule has 3 nitrogen and oxygen atoms in total. The Bertz CT molecular complexity index is 410. The standard InChI is InChI=1S/C14H19BrFNO2/c1-2-17-11(9-13-18-6-7-19-13)8-10-4-3-5-12(16)14(10)15/h3-5,11,13,17H,2,6-9H2,1H3. The van der Waals surface area contributed by atoms with Crippen LogP contribution < -0.4 is 5.32 Å². The van der Waals surface area contributed by atoms with Crippen molar-refractivity contribution in [1.29, 1.82) is 0 Å². The molecule has 0 saturated carbocycles. The van der Waals surface area contributed by atoms with Gasteiger partial charge < -0.3 is 14.8 Å². The molecule has 1 N–H and O–H groups in total. The van der Waals surface area contributed by atoms with Crippen molar-refractivity contribution in [2.75, 3.05) is 19.8 Å². The molecule has 0 spiro atoms. The Hall–Kier alpha value is -0.490. The lowest BCUT2D eigenvalue weighted by Gasteiger charge is -2.21. The van der Waals surface area contributed by atoms with Crippen LogP contribution in [-0.4, -0.2) is 32.1 Å². The Morgan fingerprint density at radius 2 is 2.16 bits per heavy atom. The smallest absolute Gasteiger partial charge is 0.159 e. The van der Waals surface area contributed by atoms with Crippen LogP contribution in [0.25, 0.3) is 0 Å². The average molecular weight is 332 g/mol. The van der Waals surface area contributed by atoms with Crippen LogP contribution in [0.3, 0.4) is 0 Å². The monoisotopic (exact) mass is 331 g/mol. The molecular weight excluding hydrogens is 313 g/mol. The summed E-state index contributed by atoms with van der Waals surface area (Å²) in [6.45, 7) is 4.24. The first-order valence-electron chi connectivity index (χ1n) is 6.60. The second-order valence-corrected chi connectivity index (χ2v) is 5.37. The minimum Gasteiger partial charge on any atom is -0.350 e. The van der Waals surface area contributed by atoms with E-state index in [1.165, 1.54) is 6.07 Å². The Kier molecular flexibility index (Phi) is 5.76. The lowest BCUT2D eigenvalue weighted by Crippen LogP contribution is -2.35. The molecule has 1 aliphatic rings. The lowest BCUT2D eigenvalue weighted by molar-refractivity contribution is -0.0525. The second kappa shape index (κ2) is 7.33. The van der Waals surface area contributed by atoms with Gasteiger partial charge >= 0.3 is 0 Å². The summed E-state index contributed by atoms with van der Waals surface area (Å²) in [5.41, 5.74) is 0.962. The van der Waals surface area contributed by atoms with E-state index in [2.05, 4.69) is 28.2 Å². The van der Waals surface area contributed by atoms with Crippen LogP contribution >= 0.6 is 15.9 Å². The van der Waals surface area contributed by atoms with Gasteiger partial charge in [0, 0.05) is 12.5 Å². The van der Waals surface area contributed by atoms with Crippen LogP contribution in [0.2, 0.25) is 0 Å². The van der Waals surface area contributed by atoms with Gasteiger partial charge in [-0.15, -0.1) is 0 Å². The van der Waals surface area contributed by atoms with Gasteiger partial charge in [0.2, 0.25) is 0 Å². The van der Waals surface area contributed by atoms with Crippen molar-refractivity contribution in [1.82, 2.24) is 5.32 Å². The van der Waals surface area contributed by atoms with E-state index in [0.29, 0.717) is 17.7 Å². The molecule has 0 radical (unpaired) electrons. The number of likely N-dealkylation sites (N-methyl/N-ethyl adjacent to an activating group) is 1. The third kappa shape index (κ3) is 4.24. The van der Waals surface area contributed by atoms with Gasteiger partial charge in [0.25, 0.3) is 0 Å². The summed E-state index contributed by atoms with van der Waals surface area (Å²) in [6, 6.07) is 5.35. The molecule has 106 valence electrons. The number of halogens is 2. The largest absolute Gasteiger partial charge is 0.350 e. The highest BCUT2D eigenvalue weighted by Gasteiger charge is 2.22. The molecule has 0 bridgehead atoms. The highest BCUT2D eigenvalue weighted by molar-refractivity contribution is 9.10. The van der Waals surface area contributed by atoms with Gasteiger partial charge in [-0.3, -0.25) is 0 Å². The number of nitrogens with one attached hydrogen (secondary N) is 1. The maximum Gasteiger partial charge on any atom is 0.159 e. The topological polar surface area (TPSA) is 30.5 Å². The summed E-state index contributed by atoms with van der Waals surface area (Å²) >= 11 is 3.31. The fraction of sp³-hybridized carbons (Fsp3) is 0.571. The molecule has 1 atom stereocenters. The van der Waals surface area contributed by atoms with Gasteiger partial charge in [-0.05, 0) is 40.5 Å². The summed E-state index contributed by atoms with van der Waals surface area (Å²) in [7, 11) is 0. The molecule has 2 rings (SSSR count). The Labute approximate surface area is 121 Å². The minimum atomic E-state index is -0.221. The van der Waals surface area contributed by atoms with Crippen molar-refractivity contribution >= 4 is 15.9 Å². The predicted octanol–water partition coefficient (Wildman–Crippen LogP) is 2.87. The second-order valence-electron chi connectivity index (χ2n) is 4.58. The summed E-state index contributed by atoms with van der Waals surface area (Å²) in [5.74, 6) is -0.221. The quantitative estimate of drug-likeness (QED) is 0.869. The van der Waals surface area contributed by atoms with Gasteiger partial charge in [0.15, 0.2) is 6.29 Å². The van der Waals surface area contributed by atoms with Crippen molar-refractivity contribution in [3.05, 3.63) is 34.1 Å². The fourth-order valence-corrected chi connectivity index (χ4v) is 2.70. The number of ether oxygens (including phenoxy) is 2. The summed E-state index contributed by atoms with van der Waals surface area (Å²) < 4.78 is 25.0.